The molecule has 0 bridgehead atoms. The maximum absolute atomic E-state index is 13.2. The Labute approximate surface area is 136 Å². The van der Waals surface area contributed by atoms with E-state index >= 15 is 0 Å². The number of carbonyl (C=O) groups is 1. The largest absolute Gasteiger partial charge is 0.460 e. The molecule has 1 amide bonds. The Kier molecular flexibility index (Phi) is 6.59. The van der Waals surface area contributed by atoms with E-state index in [0.29, 0.717) is 26.3 Å². The van der Waals surface area contributed by atoms with Crippen molar-refractivity contribution in [2.24, 2.45) is 0 Å². The van der Waals surface area contributed by atoms with Crippen LogP contribution in [0.3, 0.4) is 0 Å². The number of halogens is 9. The van der Waals surface area contributed by atoms with Gasteiger partial charge in [0, 0.05) is 19.6 Å². The molecule has 1 heterocycles. The first-order valence-electron chi connectivity index (χ1n) is 7.03. The van der Waals surface area contributed by atoms with Crippen LogP contribution in [0.15, 0.2) is 0 Å². The number of rotatable bonds is 7. The normalized spacial score (nSPS) is 18.3. The van der Waals surface area contributed by atoms with Crippen molar-refractivity contribution in [3.63, 3.8) is 0 Å². The highest BCUT2D eigenvalue weighted by Gasteiger charge is 2.83. The molecule has 0 aliphatic carbocycles. The standard InChI is InChI=1S/C12H15F9N2O2/c13-9(14,10(15,16)11(17,18)12(19,20)21)8(24)22-2-1-3-23-4-6-25-7-5-23/h1-7H2,(H,22,24). The third-order valence-electron chi connectivity index (χ3n) is 3.47. The Hall–Kier alpha value is -1.24. The van der Waals surface area contributed by atoms with E-state index in [0.717, 1.165) is 0 Å². The third kappa shape index (κ3) is 4.49. The maximum atomic E-state index is 13.2. The summed E-state index contributed by atoms with van der Waals surface area (Å²) in [6.07, 6.45) is -6.94. The lowest BCUT2D eigenvalue weighted by Gasteiger charge is -2.32. The monoisotopic (exact) mass is 390 g/mol. The zero-order valence-electron chi connectivity index (χ0n) is 12.6. The Morgan fingerprint density at radius 1 is 0.920 bits per heavy atom. The van der Waals surface area contributed by atoms with Gasteiger partial charge >= 0.3 is 23.9 Å². The van der Waals surface area contributed by atoms with Crippen molar-refractivity contribution in [1.29, 1.82) is 0 Å². The predicted octanol–water partition coefficient (Wildman–Crippen LogP) is 2.29. The first-order valence-corrected chi connectivity index (χ1v) is 7.03. The molecular formula is C12H15F9N2O2. The average Bonchev–Trinajstić information content (AvgIpc) is 2.50. The van der Waals surface area contributed by atoms with Crippen LogP contribution in [-0.4, -0.2) is 74.1 Å². The number of nitrogens with zero attached hydrogens (tertiary/aromatic N) is 1. The van der Waals surface area contributed by atoms with Crippen molar-refractivity contribution in [3.05, 3.63) is 0 Å². The summed E-state index contributed by atoms with van der Waals surface area (Å²) in [7, 11) is 0. The van der Waals surface area contributed by atoms with Gasteiger partial charge in [-0.3, -0.25) is 9.69 Å². The van der Waals surface area contributed by atoms with Crippen molar-refractivity contribution in [1.82, 2.24) is 10.2 Å². The summed E-state index contributed by atoms with van der Waals surface area (Å²) in [6.45, 7) is 1.54. The molecule has 0 spiro atoms. The zero-order valence-corrected chi connectivity index (χ0v) is 12.6. The van der Waals surface area contributed by atoms with Gasteiger partial charge in [0.05, 0.1) is 13.2 Å². The molecule has 13 heteroatoms. The van der Waals surface area contributed by atoms with Crippen molar-refractivity contribution >= 4 is 5.91 Å². The number of morpholine rings is 1. The highest BCUT2D eigenvalue weighted by atomic mass is 19.4. The highest BCUT2D eigenvalue weighted by molar-refractivity contribution is 5.84. The van der Waals surface area contributed by atoms with Crippen molar-refractivity contribution in [3.8, 4) is 0 Å². The fraction of sp³-hybridized carbons (Fsp3) is 0.917. The molecule has 0 saturated carbocycles. The average molecular weight is 390 g/mol. The molecular weight excluding hydrogens is 375 g/mol. The number of carbonyl (C=O) groups excluding carboxylic acids is 1. The van der Waals surface area contributed by atoms with Gasteiger partial charge < -0.3 is 10.1 Å². The van der Waals surface area contributed by atoms with Crippen LogP contribution in [0.25, 0.3) is 0 Å². The fourth-order valence-electron chi connectivity index (χ4n) is 1.96. The van der Waals surface area contributed by atoms with Gasteiger partial charge in [-0.1, -0.05) is 0 Å². The van der Waals surface area contributed by atoms with E-state index in [1.807, 2.05) is 0 Å². The summed E-state index contributed by atoms with van der Waals surface area (Å²) in [6, 6.07) is 0. The van der Waals surface area contributed by atoms with Crippen molar-refractivity contribution in [2.45, 2.75) is 30.4 Å². The minimum absolute atomic E-state index is 0.00303. The molecule has 0 aromatic heterocycles. The van der Waals surface area contributed by atoms with Crippen LogP contribution >= 0.6 is 0 Å². The summed E-state index contributed by atoms with van der Waals surface area (Å²) in [5.41, 5.74) is 0. The van der Waals surface area contributed by atoms with Gasteiger partial charge in [-0.2, -0.15) is 39.5 Å². The Balaban J connectivity index is 2.62. The Morgan fingerprint density at radius 2 is 1.44 bits per heavy atom. The molecule has 1 aliphatic rings. The van der Waals surface area contributed by atoms with Gasteiger partial charge in [-0.15, -0.1) is 0 Å². The summed E-state index contributed by atoms with van der Waals surface area (Å²) in [5.74, 6) is -23.2. The van der Waals surface area contributed by atoms with Crippen LogP contribution in [0.5, 0.6) is 0 Å². The van der Waals surface area contributed by atoms with Gasteiger partial charge in [0.15, 0.2) is 0 Å². The van der Waals surface area contributed by atoms with E-state index in [9.17, 15) is 44.3 Å². The van der Waals surface area contributed by atoms with Crippen LogP contribution in [0.1, 0.15) is 6.42 Å². The highest BCUT2D eigenvalue weighted by Crippen LogP contribution is 2.53. The first kappa shape index (κ1) is 21.8. The summed E-state index contributed by atoms with van der Waals surface area (Å²) in [5, 5.41) is 1.26. The lowest BCUT2D eigenvalue weighted by molar-refractivity contribution is -0.388. The second kappa shape index (κ2) is 7.56. The molecule has 25 heavy (non-hydrogen) atoms. The predicted molar refractivity (Wildman–Crippen MR) is 65.8 cm³/mol. The molecule has 148 valence electrons. The molecule has 0 aromatic rings. The van der Waals surface area contributed by atoms with Gasteiger partial charge in [0.2, 0.25) is 0 Å². The van der Waals surface area contributed by atoms with E-state index in [1.165, 1.54) is 5.32 Å². The molecule has 1 saturated heterocycles. The minimum atomic E-state index is -7.07. The second-order valence-corrected chi connectivity index (χ2v) is 5.28. The quantitative estimate of drug-likeness (QED) is 0.536. The van der Waals surface area contributed by atoms with Gasteiger partial charge in [-0.05, 0) is 13.0 Å². The summed E-state index contributed by atoms with van der Waals surface area (Å²) >= 11 is 0. The molecule has 1 fully saturated rings. The Bertz CT molecular complexity index is 462. The van der Waals surface area contributed by atoms with Gasteiger partial charge in [0.25, 0.3) is 5.91 Å². The number of amides is 1. The number of ether oxygens (including phenoxy) is 1. The maximum Gasteiger partial charge on any atom is 0.460 e. The molecule has 4 nitrogen and oxygen atoms in total. The number of alkyl halides is 9. The van der Waals surface area contributed by atoms with Crippen LogP contribution in [0.2, 0.25) is 0 Å². The van der Waals surface area contributed by atoms with Gasteiger partial charge in [0.1, 0.15) is 0 Å². The van der Waals surface area contributed by atoms with Crippen LogP contribution in [0, 0.1) is 0 Å². The minimum Gasteiger partial charge on any atom is -0.379 e. The first-order chi connectivity index (χ1) is 11.2. The van der Waals surface area contributed by atoms with Crippen LogP contribution in [0.4, 0.5) is 39.5 Å². The molecule has 1 aliphatic heterocycles. The van der Waals surface area contributed by atoms with Gasteiger partial charge in [-0.25, -0.2) is 0 Å². The second-order valence-electron chi connectivity index (χ2n) is 5.28. The lowest BCUT2D eigenvalue weighted by Crippen LogP contribution is -2.65. The zero-order chi connectivity index (χ0) is 19.5. The topological polar surface area (TPSA) is 41.6 Å². The number of nitrogens with one attached hydrogen (secondary N) is 1. The van der Waals surface area contributed by atoms with Crippen molar-refractivity contribution < 1.29 is 49.0 Å². The fourth-order valence-corrected chi connectivity index (χ4v) is 1.96. The summed E-state index contributed by atoms with van der Waals surface area (Å²) in [4.78, 5) is 12.9. The van der Waals surface area contributed by atoms with Crippen LogP contribution < -0.4 is 5.32 Å². The smallest absolute Gasteiger partial charge is 0.379 e. The Morgan fingerprint density at radius 3 is 1.92 bits per heavy atom. The molecule has 0 aromatic carbocycles. The molecule has 0 atom stereocenters. The third-order valence-corrected chi connectivity index (χ3v) is 3.47. The van der Waals surface area contributed by atoms with E-state index in [4.69, 9.17) is 4.74 Å². The molecule has 1 N–H and O–H groups in total. The van der Waals surface area contributed by atoms with E-state index < -0.39 is 36.4 Å². The number of hydrogen-bond donors (Lipinski definition) is 1. The molecule has 0 unspecified atom stereocenters. The lowest BCUT2D eigenvalue weighted by atomic mass is 10.0. The van der Waals surface area contributed by atoms with E-state index in [-0.39, 0.29) is 13.0 Å². The molecule has 0 radical (unpaired) electrons. The molecule has 1 rings (SSSR count). The van der Waals surface area contributed by atoms with E-state index in [1.54, 1.807) is 4.90 Å². The number of hydrogen-bond acceptors (Lipinski definition) is 3. The SMILES string of the molecule is O=C(NCCCN1CCOCC1)C(F)(F)C(F)(F)C(F)(F)C(F)(F)F. The van der Waals surface area contributed by atoms with Crippen molar-refractivity contribution in [2.75, 3.05) is 39.4 Å². The van der Waals surface area contributed by atoms with Crippen LogP contribution in [-0.2, 0) is 9.53 Å². The van der Waals surface area contributed by atoms with E-state index in [2.05, 4.69) is 0 Å². The summed E-state index contributed by atoms with van der Waals surface area (Å²) < 4.78 is 119.